The van der Waals surface area contributed by atoms with Gasteiger partial charge < -0.3 is 70.1 Å². The Morgan fingerprint density at radius 3 is 1.33 bits per heavy atom. The number of carbonyl (C=O) groups is 12. The lowest BCUT2D eigenvalue weighted by Gasteiger charge is -2.41. The number of amides is 11. The lowest BCUT2D eigenvalue weighted by molar-refractivity contribution is -0.163. The minimum absolute atomic E-state index is 0.0365. The van der Waals surface area contributed by atoms with Gasteiger partial charge in [0.2, 0.25) is 65.0 Å². The van der Waals surface area contributed by atoms with Gasteiger partial charge in [-0.05, 0) is 121 Å². The Morgan fingerprint density at radius 1 is 0.484 bits per heavy atom. The maximum atomic E-state index is 15.4. The second-order valence-corrected chi connectivity index (χ2v) is 29.4. The number of hydrogen-bond acceptors (Lipinski definition) is 15. The van der Waals surface area contributed by atoms with E-state index in [-0.39, 0.29) is 62.2 Å². The summed E-state index contributed by atoms with van der Waals surface area (Å²) in [4.78, 5) is 185. The van der Waals surface area contributed by atoms with E-state index < -0.39 is 180 Å². The number of likely N-dealkylation sites (N-methyl/N-ethyl adjacent to an activating group) is 7. The summed E-state index contributed by atoms with van der Waals surface area (Å²) in [5.74, 6) is -11.7. The zero-order valence-corrected chi connectivity index (χ0v) is 62.6. The molecule has 0 aliphatic carbocycles. The van der Waals surface area contributed by atoms with E-state index in [0.717, 1.165) is 14.7 Å². The highest BCUT2D eigenvalue weighted by atomic mass is 16.6. The molecule has 95 heavy (non-hydrogen) atoms. The van der Waals surface area contributed by atoms with E-state index in [1.165, 1.54) is 82.8 Å². The van der Waals surface area contributed by atoms with Crippen molar-refractivity contribution in [2.24, 2.45) is 41.4 Å². The number of nitrogens with one attached hydrogen (secondary N) is 4. The Bertz CT molecular complexity index is 2640. The third-order valence-electron chi connectivity index (χ3n) is 17.3. The van der Waals surface area contributed by atoms with E-state index >= 15 is 28.8 Å². The van der Waals surface area contributed by atoms with Gasteiger partial charge in [0.25, 0.3) is 0 Å². The van der Waals surface area contributed by atoms with Crippen molar-refractivity contribution in [3.63, 3.8) is 0 Å². The molecule has 0 aromatic carbocycles. The van der Waals surface area contributed by atoms with Crippen LogP contribution in [0.4, 0.5) is 0 Å². The molecular weight excluding hydrogens is 1220 g/mol. The maximum absolute atomic E-state index is 15.4. The summed E-state index contributed by atoms with van der Waals surface area (Å²) in [5.41, 5.74) is -0.913. The number of esters is 1. The predicted octanol–water partition coefficient (Wildman–Crippen LogP) is 4.00. The van der Waals surface area contributed by atoms with Gasteiger partial charge in [0, 0.05) is 49.3 Å². The smallest absolute Gasteiger partial charge is 0.332 e. The van der Waals surface area contributed by atoms with Crippen LogP contribution in [0.2, 0.25) is 0 Å². The van der Waals surface area contributed by atoms with Crippen LogP contribution in [0.5, 0.6) is 0 Å². The summed E-state index contributed by atoms with van der Waals surface area (Å²) in [5, 5.41) is 23.3. The van der Waals surface area contributed by atoms with Gasteiger partial charge in [-0.25, -0.2) is 4.79 Å². The molecule has 1 fully saturated rings. The number of carbonyl (C=O) groups excluding carboxylic acids is 12. The van der Waals surface area contributed by atoms with Gasteiger partial charge in [-0.3, -0.25) is 52.7 Å². The summed E-state index contributed by atoms with van der Waals surface area (Å²) in [7, 11) is 9.66. The molecule has 11 amide bonds. The van der Waals surface area contributed by atoms with E-state index in [2.05, 4.69) is 21.3 Å². The number of ether oxygens (including phenoxy) is 2. The Kier molecular flexibility index (Phi) is 35.3. The van der Waals surface area contributed by atoms with Crippen molar-refractivity contribution >= 4 is 70.9 Å². The van der Waals surface area contributed by atoms with Crippen LogP contribution in [0.3, 0.4) is 0 Å². The Morgan fingerprint density at radius 2 is 0.884 bits per heavy atom. The highest BCUT2D eigenvalue weighted by Gasteiger charge is 2.46. The van der Waals surface area contributed by atoms with Crippen LogP contribution in [-0.2, 0) is 67.0 Å². The largest absolute Gasteiger partial charge is 0.458 e. The van der Waals surface area contributed by atoms with Crippen LogP contribution in [0.25, 0.3) is 0 Å². The number of hydrogen-bond donors (Lipinski definition) is 5. The molecule has 5 N–H and O–H groups in total. The first kappa shape index (κ1) is 86.3. The third kappa shape index (κ3) is 25.3. The van der Waals surface area contributed by atoms with Crippen LogP contribution >= 0.6 is 0 Å². The van der Waals surface area contributed by atoms with Crippen LogP contribution in [0, 0.1) is 41.4 Å². The zero-order chi connectivity index (χ0) is 73.8. The summed E-state index contributed by atoms with van der Waals surface area (Å²) in [6.45, 7) is 33.2. The van der Waals surface area contributed by atoms with Gasteiger partial charge in [-0.1, -0.05) is 109 Å². The first-order valence-corrected chi connectivity index (χ1v) is 33.9. The molecule has 1 rings (SSSR count). The van der Waals surface area contributed by atoms with Gasteiger partial charge in [-0.2, -0.15) is 0 Å². The fraction of sp³-hybridized carbons (Fsp3) is 0.797. The van der Waals surface area contributed by atoms with Crippen molar-refractivity contribution < 1.29 is 72.1 Å². The summed E-state index contributed by atoms with van der Waals surface area (Å²) in [6, 6.07) is -14.7. The Balaban J connectivity index is 4.58. The SMILES string of the molecule is C/C=C/C[C@@H](C)[C@@H](O)[C@H]1C(=O)N[C@@H](CC)C(=O)N(C)[C@H](COCC(=O)OC(C)(C)C)C(=O)N(C)[C@@H](CC(C)C)C(=O)N[C@@H](C(C)C)C(=O)N(C)[C@@H](CC(C)C)C(=O)N[C@@H](C)C(=O)N[C@@H](C)C(=O)N(C)[C@@H](CC(C)C)C(=O)N(C)[C@@H](CC(C)C)C(=O)N(C)[C@@H](C(C)C)C(=O)N1C. The first-order valence-electron chi connectivity index (χ1n) is 33.9. The number of nitrogens with zero attached hydrogens (tertiary/aromatic N) is 7. The minimum Gasteiger partial charge on any atom is -0.458 e. The van der Waals surface area contributed by atoms with Crippen molar-refractivity contribution in [1.82, 2.24) is 55.6 Å². The molecule has 1 aliphatic heterocycles. The van der Waals surface area contributed by atoms with Crippen LogP contribution in [0.15, 0.2) is 12.2 Å². The minimum atomic E-state index is -1.70. The molecular formula is C69H123N11O15. The second-order valence-electron chi connectivity index (χ2n) is 29.4. The van der Waals surface area contributed by atoms with Gasteiger partial charge in [0.1, 0.15) is 78.7 Å². The normalized spacial score (nSPS) is 26.2. The molecule has 1 heterocycles. The van der Waals surface area contributed by atoms with Crippen molar-refractivity contribution in [3.05, 3.63) is 12.2 Å². The summed E-state index contributed by atoms with van der Waals surface area (Å²) in [6.07, 6.45) is 2.53. The molecule has 26 heteroatoms. The fourth-order valence-electron chi connectivity index (χ4n) is 11.6. The molecule has 0 aromatic rings. The lowest BCUT2D eigenvalue weighted by atomic mass is 9.91. The highest BCUT2D eigenvalue weighted by Crippen LogP contribution is 2.26. The Labute approximate surface area is 567 Å². The lowest BCUT2D eigenvalue weighted by Crippen LogP contribution is -2.64. The van der Waals surface area contributed by atoms with Crippen molar-refractivity contribution in [1.29, 1.82) is 0 Å². The number of aliphatic hydroxyl groups is 1. The fourth-order valence-corrected chi connectivity index (χ4v) is 11.6. The van der Waals surface area contributed by atoms with Crippen molar-refractivity contribution in [3.8, 4) is 0 Å². The molecule has 544 valence electrons. The standard InChI is InChI=1S/C69H123N11O15/c1-28-30-31-44(15)57(82)56-61(86)72-47(29-2)63(88)78(25)52(36-94-37-53(81)95-69(18,19)20)66(91)74(21)49(33-39(5)6)60(85)73-54(42(11)12)67(92)75(22)48(32-38(3)4)59(84)70-45(16)58(83)71-46(17)62(87)76(23)50(34-40(7)8)64(89)77(24)51(35-41(9)10)65(90)79(26)55(43(13)14)68(93)80(56)27/h28,30,38-52,54-57,82H,29,31-37H2,1-27H3,(H,70,84)(H,71,83)(H,72,86)(H,73,85)/b30-28+/t44-,45+,46+,47+,48+,49+,50+,51+,52-,54+,55+,56+,57-/m1/s1. The molecule has 0 saturated carbocycles. The Hall–Kier alpha value is -6.70. The van der Waals surface area contributed by atoms with Crippen LogP contribution in [0.1, 0.15) is 177 Å². The highest BCUT2D eigenvalue weighted by molar-refractivity contribution is 6.00. The molecule has 0 bridgehead atoms. The average Bonchev–Trinajstić information content (AvgIpc) is 0.813. The predicted molar refractivity (Wildman–Crippen MR) is 364 cm³/mol. The molecule has 0 spiro atoms. The van der Waals surface area contributed by atoms with Gasteiger partial charge in [0.15, 0.2) is 0 Å². The van der Waals surface area contributed by atoms with Crippen LogP contribution in [-0.4, -0.2) is 251 Å². The molecule has 13 atom stereocenters. The number of aliphatic hydroxyl groups excluding tert-OH is 1. The molecule has 1 aliphatic rings. The van der Waals surface area contributed by atoms with E-state index in [0.29, 0.717) is 0 Å². The van der Waals surface area contributed by atoms with E-state index in [4.69, 9.17) is 9.47 Å². The third-order valence-corrected chi connectivity index (χ3v) is 17.3. The molecule has 1 saturated heterocycles. The quantitative estimate of drug-likeness (QED) is 0.0902. The summed E-state index contributed by atoms with van der Waals surface area (Å²) < 4.78 is 11.3. The van der Waals surface area contributed by atoms with E-state index in [1.807, 2.05) is 55.4 Å². The molecule has 26 nitrogen and oxygen atoms in total. The average molecular weight is 1350 g/mol. The molecule has 0 radical (unpaired) electrons. The van der Waals surface area contributed by atoms with Gasteiger partial charge in [0.05, 0.1) is 12.7 Å². The van der Waals surface area contributed by atoms with E-state index in [1.54, 1.807) is 81.4 Å². The van der Waals surface area contributed by atoms with Gasteiger partial charge in [-0.15, -0.1) is 0 Å². The monoisotopic (exact) mass is 1350 g/mol. The topological polar surface area (TPSA) is 314 Å². The second kappa shape index (κ2) is 38.9. The van der Waals surface area contributed by atoms with Crippen molar-refractivity contribution in [2.45, 2.75) is 255 Å². The first-order chi connectivity index (χ1) is 43.7. The molecule has 0 unspecified atom stereocenters. The van der Waals surface area contributed by atoms with E-state index in [9.17, 15) is 33.9 Å². The number of rotatable bonds is 19. The maximum Gasteiger partial charge on any atom is 0.332 e. The van der Waals surface area contributed by atoms with Gasteiger partial charge >= 0.3 is 5.97 Å². The summed E-state index contributed by atoms with van der Waals surface area (Å²) >= 11 is 0. The molecule has 0 aromatic heterocycles. The van der Waals surface area contributed by atoms with Crippen LogP contribution < -0.4 is 21.3 Å². The zero-order valence-electron chi connectivity index (χ0n) is 62.6. The van der Waals surface area contributed by atoms with Crippen molar-refractivity contribution in [2.75, 3.05) is 62.5 Å². The number of allylic oxidation sites excluding steroid dienone is 2.